The second-order valence-electron chi connectivity index (χ2n) is 5.29. The Hall–Kier alpha value is -2.08. The van der Waals surface area contributed by atoms with Crippen LogP contribution in [-0.4, -0.2) is 19.7 Å². The minimum atomic E-state index is 0.0499. The summed E-state index contributed by atoms with van der Waals surface area (Å²) in [6.45, 7) is 8.09. The van der Waals surface area contributed by atoms with E-state index < -0.39 is 0 Å². The van der Waals surface area contributed by atoms with Crippen molar-refractivity contribution >= 4 is 11.8 Å². The third-order valence-corrected chi connectivity index (χ3v) is 4.62. The average molecular weight is 314 g/mol. The van der Waals surface area contributed by atoms with E-state index in [9.17, 15) is 0 Å². The van der Waals surface area contributed by atoms with E-state index in [1.165, 1.54) is 11.1 Å². The van der Waals surface area contributed by atoms with Crippen molar-refractivity contribution in [3.8, 4) is 5.69 Å². The number of hydrogen-bond donors (Lipinski definition) is 0. The van der Waals surface area contributed by atoms with Gasteiger partial charge < -0.3 is 4.52 Å². The van der Waals surface area contributed by atoms with Crippen molar-refractivity contribution in [3.63, 3.8) is 0 Å². The molecule has 0 aliphatic carbocycles. The molecule has 0 radical (unpaired) electrons. The quantitative estimate of drug-likeness (QED) is 0.680. The van der Waals surface area contributed by atoms with Crippen LogP contribution in [0.3, 0.4) is 0 Å². The van der Waals surface area contributed by atoms with E-state index in [2.05, 4.69) is 51.7 Å². The molecule has 0 saturated carbocycles. The molecule has 1 atom stereocenters. The number of thioether (sulfide) groups is 1. The van der Waals surface area contributed by atoms with Gasteiger partial charge in [-0.25, -0.2) is 4.98 Å². The van der Waals surface area contributed by atoms with Crippen LogP contribution in [0.1, 0.15) is 35.0 Å². The molecule has 1 unspecified atom stereocenters. The Kier molecular flexibility index (Phi) is 4.02. The zero-order valence-corrected chi connectivity index (χ0v) is 13.9. The fourth-order valence-corrected chi connectivity index (χ4v) is 3.05. The van der Waals surface area contributed by atoms with Gasteiger partial charge >= 0.3 is 0 Å². The van der Waals surface area contributed by atoms with Gasteiger partial charge in [0.15, 0.2) is 11.0 Å². The first-order chi connectivity index (χ1) is 10.5. The van der Waals surface area contributed by atoms with Crippen molar-refractivity contribution in [1.82, 2.24) is 19.7 Å². The first-order valence-corrected chi connectivity index (χ1v) is 8.00. The third kappa shape index (κ3) is 2.92. The number of aromatic nitrogens is 4. The van der Waals surface area contributed by atoms with Crippen molar-refractivity contribution in [2.24, 2.45) is 0 Å². The van der Waals surface area contributed by atoms with Gasteiger partial charge in [-0.05, 0) is 51.0 Å². The molecule has 114 valence electrons. The SMILES string of the molecule is Cc1noc(C(C)Sc2nccn2-c2ccc(C)c(C)c2)n1. The number of hydrogen-bond acceptors (Lipinski definition) is 5. The van der Waals surface area contributed by atoms with Gasteiger partial charge in [0.25, 0.3) is 0 Å². The van der Waals surface area contributed by atoms with Gasteiger partial charge in [-0.1, -0.05) is 23.0 Å². The van der Waals surface area contributed by atoms with Crippen molar-refractivity contribution in [1.29, 1.82) is 0 Å². The van der Waals surface area contributed by atoms with Crippen LogP contribution in [0.4, 0.5) is 0 Å². The summed E-state index contributed by atoms with van der Waals surface area (Å²) >= 11 is 1.60. The molecule has 2 aromatic heterocycles. The van der Waals surface area contributed by atoms with E-state index in [4.69, 9.17) is 4.52 Å². The molecule has 2 heterocycles. The van der Waals surface area contributed by atoms with E-state index in [0.717, 1.165) is 10.8 Å². The molecule has 3 rings (SSSR count). The summed E-state index contributed by atoms with van der Waals surface area (Å²) in [6.07, 6.45) is 3.78. The Morgan fingerprint density at radius 1 is 1.18 bits per heavy atom. The smallest absolute Gasteiger partial charge is 0.239 e. The van der Waals surface area contributed by atoms with Crippen molar-refractivity contribution in [3.05, 3.63) is 53.4 Å². The van der Waals surface area contributed by atoms with Crippen molar-refractivity contribution in [2.45, 2.75) is 38.1 Å². The van der Waals surface area contributed by atoms with Crippen LogP contribution in [0.2, 0.25) is 0 Å². The predicted molar refractivity (Wildman–Crippen MR) is 86.3 cm³/mol. The molecule has 6 heteroatoms. The maximum atomic E-state index is 5.24. The monoisotopic (exact) mass is 314 g/mol. The first kappa shape index (κ1) is 14.8. The Labute approximate surface area is 133 Å². The van der Waals surface area contributed by atoms with Gasteiger partial charge in [0, 0.05) is 18.1 Å². The lowest BCUT2D eigenvalue weighted by Crippen LogP contribution is -1.98. The molecule has 0 bridgehead atoms. The van der Waals surface area contributed by atoms with E-state index in [1.54, 1.807) is 11.8 Å². The lowest BCUT2D eigenvalue weighted by Gasteiger charge is -2.11. The second-order valence-corrected chi connectivity index (χ2v) is 6.60. The third-order valence-electron chi connectivity index (χ3n) is 3.55. The minimum absolute atomic E-state index is 0.0499. The van der Waals surface area contributed by atoms with Crippen molar-refractivity contribution in [2.75, 3.05) is 0 Å². The zero-order chi connectivity index (χ0) is 15.7. The average Bonchev–Trinajstić information content (AvgIpc) is 3.11. The Bertz CT molecular complexity index is 793. The summed E-state index contributed by atoms with van der Waals surface area (Å²) < 4.78 is 7.32. The summed E-state index contributed by atoms with van der Waals surface area (Å²) in [5, 5.41) is 4.80. The van der Waals surface area contributed by atoms with Crippen LogP contribution in [0, 0.1) is 20.8 Å². The van der Waals surface area contributed by atoms with Gasteiger partial charge in [-0.2, -0.15) is 4.98 Å². The molecule has 0 amide bonds. The predicted octanol–water partition coefficient (Wildman–Crippen LogP) is 4.03. The van der Waals surface area contributed by atoms with Crippen LogP contribution in [0.5, 0.6) is 0 Å². The summed E-state index contributed by atoms with van der Waals surface area (Å²) in [5.41, 5.74) is 3.66. The molecule has 0 aliphatic heterocycles. The summed E-state index contributed by atoms with van der Waals surface area (Å²) in [5.74, 6) is 1.28. The van der Waals surface area contributed by atoms with Gasteiger partial charge in [0.05, 0.1) is 5.25 Å². The van der Waals surface area contributed by atoms with Crippen LogP contribution in [-0.2, 0) is 0 Å². The molecule has 0 N–H and O–H groups in total. The van der Waals surface area contributed by atoms with Crippen molar-refractivity contribution < 1.29 is 4.52 Å². The highest BCUT2D eigenvalue weighted by Crippen LogP contribution is 2.34. The standard InChI is InChI=1S/C16H18N4OS/c1-10-5-6-14(9-11(10)2)20-8-7-17-16(20)22-12(3)15-18-13(4)19-21-15/h5-9,12H,1-4H3. The van der Waals surface area contributed by atoms with Gasteiger partial charge in [-0.15, -0.1) is 0 Å². The largest absolute Gasteiger partial charge is 0.338 e. The number of rotatable bonds is 4. The normalized spacial score (nSPS) is 12.5. The number of imidazole rings is 1. The molecular formula is C16H18N4OS. The number of benzene rings is 1. The van der Waals surface area contributed by atoms with Crippen LogP contribution in [0.15, 0.2) is 40.3 Å². The molecule has 0 fully saturated rings. The fourth-order valence-electron chi connectivity index (χ4n) is 2.14. The molecule has 0 spiro atoms. The van der Waals surface area contributed by atoms with E-state index in [1.807, 2.05) is 26.2 Å². The highest BCUT2D eigenvalue weighted by Gasteiger charge is 2.17. The zero-order valence-electron chi connectivity index (χ0n) is 13.1. The lowest BCUT2D eigenvalue weighted by atomic mass is 10.1. The summed E-state index contributed by atoms with van der Waals surface area (Å²) in [7, 11) is 0. The molecule has 5 nitrogen and oxygen atoms in total. The Morgan fingerprint density at radius 3 is 2.68 bits per heavy atom. The Morgan fingerprint density at radius 2 is 2.00 bits per heavy atom. The fraction of sp³-hybridized carbons (Fsp3) is 0.312. The topological polar surface area (TPSA) is 56.7 Å². The van der Waals surface area contributed by atoms with E-state index in [-0.39, 0.29) is 5.25 Å². The molecule has 3 aromatic rings. The van der Waals surface area contributed by atoms with Gasteiger partial charge in [-0.3, -0.25) is 4.57 Å². The van der Waals surface area contributed by atoms with Gasteiger partial charge in [0.2, 0.25) is 5.89 Å². The Balaban J connectivity index is 1.87. The number of aryl methyl sites for hydroxylation is 3. The maximum absolute atomic E-state index is 5.24. The molecular weight excluding hydrogens is 296 g/mol. The number of nitrogens with zero attached hydrogens (tertiary/aromatic N) is 4. The van der Waals surface area contributed by atoms with E-state index in [0.29, 0.717) is 11.7 Å². The van der Waals surface area contributed by atoms with Crippen LogP contribution >= 0.6 is 11.8 Å². The van der Waals surface area contributed by atoms with Crippen LogP contribution < -0.4 is 0 Å². The maximum Gasteiger partial charge on any atom is 0.239 e. The highest BCUT2D eigenvalue weighted by atomic mass is 32.2. The first-order valence-electron chi connectivity index (χ1n) is 7.12. The highest BCUT2D eigenvalue weighted by molar-refractivity contribution is 7.99. The lowest BCUT2D eigenvalue weighted by molar-refractivity contribution is 0.376. The molecule has 0 saturated heterocycles. The van der Waals surface area contributed by atoms with Gasteiger partial charge in [0.1, 0.15) is 0 Å². The van der Waals surface area contributed by atoms with Crippen LogP contribution in [0.25, 0.3) is 5.69 Å². The van der Waals surface area contributed by atoms with E-state index >= 15 is 0 Å². The second kappa shape index (κ2) is 5.96. The molecule has 1 aromatic carbocycles. The molecule has 22 heavy (non-hydrogen) atoms. The molecule has 0 aliphatic rings. The summed E-state index contributed by atoms with van der Waals surface area (Å²) in [6, 6.07) is 6.40. The minimum Gasteiger partial charge on any atom is -0.338 e. The summed E-state index contributed by atoms with van der Waals surface area (Å²) in [4.78, 5) is 8.74.